The number of hydrogen-bond acceptors (Lipinski definition) is 2. The van der Waals surface area contributed by atoms with Gasteiger partial charge in [0.2, 0.25) is 5.91 Å². The molecule has 136 valence electrons. The Bertz CT molecular complexity index is 623. The maximum absolute atomic E-state index is 11.8. The smallest absolute Gasteiger partial charge is 0.654 e. The second-order valence-electron chi connectivity index (χ2n) is 7.02. The number of carbonyl (C=O) groups excluding carboxylic acids is 2. The fourth-order valence-corrected chi connectivity index (χ4v) is 4.06. The van der Waals surface area contributed by atoms with Gasteiger partial charge >= 0.3 is 57.4 Å². The van der Waals surface area contributed by atoms with Crippen LogP contribution < -0.4 is 62.0 Å². The quantitative estimate of drug-likeness (QED) is 0.730. The number of nitrogens with one attached hydrogen (secondary N) is 2. The summed E-state index contributed by atoms with van der Waals surface area (Å²) in [6, 6.07) is 7.64. The summed E-state index contributed by atoms with van der Waals surface area (Å²) in [6.07, 6.45) is 6.81. The molecule has 2 fully saturated rings. The van der Waals surface area contributed by atoms with Crippen LogP contribution in [0.2, 0.25) is 5.02 Å². The summed E-state index contributed by atoms with van der Waals surface area (Å²) < 4.78 is 0. The van der Waals surface area contributed by atoms with E-state index in [1.165, 1.54) is 25.7 Å². The fraction of sp³-hybridized carbons (Fsp3) is 0.579. The summed E-state index contributed by atoms with van der Waals surface area (Å²) in [4.78, 5) is 23.2. The summed E-state index contributed by atoms with van der Waals surface area (Å²) in [5.41, 5.74) is 1.16. The Balaban J connectivity index is 0.00000243. The second-order valence-corrected chi connectivity index (χ2v) is 7.46. The Morgan fingerprint density at radius 2 is 1.92 bits per heavy atom. The van der Waals surface area contributed by atoms with Gasteiger partial charge in [0.25, 0.3) is 0 Å². The molecule has 2 atom stereocenters. The number of imide groups is 1. The van der Waals surface area contributed by atoms with Gasteiger partial charge in [-0.25, -0.2) is 4.79 Å². The fourth-order valence-electron chi connectivity index (χ4n) is 3.86. The van der Waals surface area contributed by atoms with Crippen LogP contribution in [0.1, 0.15) is 56.6 Å². The number of hydrogen-bond donors (Lipinski definition) is 2. The van der Waals surface area contributed by atoms with E-state index < -0.39 is 6.03 Å². The molecule has 0 spiro atoms. The molecule has 2 N–H and O–H groups in total. The van der Waals surface area contributed by atoms with Gasteiger partial charge in [-0.2, -0.15) is 0 Å². The van der Waals surface area contributed by atoms with Gasteiger partial charge in [-0.1, -0.05) is 60.9 Å². The van der Waals surface area contributed by atoms with Crippen molar-refractivity contribution in [2.75, 3.05) is 6.54 Å². The molecule has 1 saturated heterocycles. The molecular weight excluding hydrogens is 377 g/mol. The molecule has 3 amide bonds. The molecule has 1 heterocycles. The predicted molar refractivity (Wildman–Crippen MR) is 98.7 cm³/mol. The van der Waals surface area contributed by atoms with Crippen molar-refractivity contribution in [3.8, 4) is 0 Å². The molecule has 0 radical (unpaired) electrons. The average Bonchev–Trinajstić information content (AvgIpc) is 3.07. The molecule has 1 aliphatic carbocycles. The number of urea groups is 1. The van der Waals surface area contributed by atoms with E-state index in [-0.39, 0.29) is 69.4 Å². The van der Waals surface area contributed by atoms with Crippen LogP contribution >= 0.6 is 11.6 Å². The first-order valence-electron chi connectivity index (χ1n) is 9.14. The molecule has 5 nitrogen and oxygen atoms in total. The van der Waals surface area contributed by atoms with E-state index in [1.807, 2.05) is 18.2 Å². The minimum absolute atomic E-state index is 0. The van der Waals surface area contributed by atoms with E-state index in [4.69, 9.17) is 16.9 Å². The molecule has 26 heavy (non-hydrogen) atoms. The van der Waals surface area contributed by atoms with Crippen LogP contribution in [0.25, 0.3) is 5.32 Å². The van der Waals surface area contributed by atoms with E-state index in [1.54, 1.807) is 0 Å². The first-order chi connectivity index (χ1) is 12.1. The van der Waals surface area contributed by atoms with Crippen LogP contribution in [0, 0.1) is 5.92 Å². The number of nitrogens with zero attached hydrogens (tertiary/aromatic N) is 1. The van der Waals surface area contributed by atoms with Crippen molar-refractivity contribution in [1.29, 1.82) is 0 Å². The normalized spacial score (nSPS) is 22.6. The van der Waals surface area contributed by atoms with Crippen LogP contribution in [0.4, 0.5) is 4.79 Å². The van der Waals surface area contributed by atoms with Crippen molar-refractivity contribution in [1.82, 2.24) is 10.6 Å². The van der Waals surface area contributed by atoms with Gasteiger partial charge in [-0.05, 0) is 25.0 Å². The summed E-state index contributed by atoms with van der Waals surface area (Å²) in [7, 11) is 0. The molecule has 3 rings (SSSR count). The Hall–Kier alpha value is 0.0464. The first kappa shape index (κ1) is 22.3. The third-order valence-corrected chi connectivity index (χ3v) is 5.34. The zero-order valence-electron chi connectivity index (χ0n) is 15.3. The molecule has 0 bridgehead atoms. The minimum Gasteiger partial charge on any atom is -0.654 e. The molecule has 2 aliphatic rings. The van der Waals surface area contributed by atoms with Crippen LogP contribution in [0.3, 0.4) is 0 Å². The first-order valence-corrected chi connectivity index (χ1v) is 9.52. The van der Waals surface area contributed by atoms with Crippen molar-refractivity contribution in [3.05, 3.63) is 40.2 Å². The van der Waals surface area contributed by atoms with Crippen molar-refractivity contribution in [2.45, 2.75) is 57.0 Å². The molecule has 1 aliphatic heterocycles. The van der Waals surface area contributed by atoms with Crippen molar-refractivity contribution in [3.63, 3.8) is 0 Å². The number of halogens is 1. The maximum atomic E-state index is 11.8. The third kappa shape index (κ3) is 6.58. The van der Waals surface area contributed by atoms with Crippen molar-refractivity contribution >= 4 is 23.5 Å². The third-order valence-electron chi connectivity index (χ3n) is 5.10. The number of carbonyl (C=O) groups is 2. The van der Waals surface area contributed by atoms with Gasteiger partial charge in [-0.15, -0.1) is 12.6 Å². The van der Waals surface area contributed by atoms with Gasteiger partial charge in [-0.3, -0.25) is 10.1 Å². The van der Waals surface area contributed by atoms with Crippen LogP contribution in [-0.2, 0) is 4.79 Å². The van der Waals surface area contributed by atoms with Gasteiger partial charge in [0.15, 0.2) is 0 Å². The molecular formula is C19H25ClKN3O2. The standard InChI is InChI=1S/C19H25ClN3O2.K/c20-15-8-3-7-14(11-15)18(13-5-1-2-6-13)21-12-16-9-4-10-17(24)23-19(25)22-16;/h3,7-8,11,13,16,18H,1-2,4-6,9-10,12H2,(H2,22,23,24,25);/q-1;+1/t16-,18?;/m1./s1. The molecule has 7 heteroatoms. The Labute approximate surface area is 202 Å². The zero-order valence-corrected chi connectivity index (χ0v) is 19.2. The van der Waals surface area contributed by atoms with Gasteiger partial charge < -0.3 is 10.6 Å². The van der Waals surface area contributed by atoms with E-state index in [0.29, 0.717) is 18.9 Å². The summed E-state index contributed by atoms with van der Waals surface area (Å²) in [6.45, 7) is 0.565. The number of amides is 3. The van der Waals surface area contributed by atoms with Crippen LogP contribution in [-0.4, -0.2) is 24.5 Å². The van der Waals surface area contributed by atoms with Crippen molar-refractivity contribution in [2.24, 2.45) is 5.92 Å². The summed E-state index contributed by atoms with van der Waals surface area (Å²) in [5, 5.41) is 10.9. The SMILES string of the molecule is O=C1CCC[C@H](C[N-]C(c2cccc(Cl)c2)C2CCCC2)NC(=O)N1.[K+]. The van der Waals surface area contributed by atoms with Gasteiger partial charge in [0.05, 0.1) is 0 Å². The topological polar surface area (TPSA) is 72.3 Å². The molecule has 1 aromatic rings. The molecule has 0 aromatic heterocycles. The average molecular weight is 402 g/mol. The Morgan fingerprint density at radius 1 is 1.15 bits per heavy atom. The predicted octanol–water partition coefficient (Wildman–Crippen LogP) is 1.33. The van der Waals surface area contributed by atoms with Gasteiger partial charge in [0.1, 0.15) is 0 Å². The number of rotatable bonds is 5. The molecule has 1 aromatic carbocycles. The number of benzene rings is 1. The van der Waals surface area contributed by atoms with E-state index in [9.17, 15) is 9.59 Å². The van der Waals surface area contributed by atoms with Gasteiger partial charge in [0, 0.05) is 17.5 Å². The Kier molecular flexibility index (Phi) is 9.58. The Morgan fingerprint density at radius 3 is 2.65 bits per heavy atom. The van der Waals surface area contributed by atoms with E-state index >= 15 is 0 Å². The minimum atomic E-state index is -0.412. The summed E-state index contributed by atoms with van der Waals surface area (Å²) >= 11 is 6.18. The largest absolute Gasteiger partial charge is 1.00 e. The molecule has 1 saturated carbocycles. The van der Waals surface area contributed by atoms with Crippen molar-refractivity contribution < 1.29 is 61.0 Å². The van der Waals surface area contributed by atoms with E-state index in [2.05, 4.69) is 16.7 Å². The maximum Gasteiger partial charge on any atom is 1.00 e. The second kappa shape index (κ2) is 11.1. The zero-order chi connectivity index (χ0) is 17.6. The van der Waals surface area contributed by atoms with Crippen LogP contribution in [0.15, 0.2) is 24.3 Å². The molecule has 1 unspecified atom stereocenters. The summed E-state index contributed by atoms with van der Waals surface area (Å²) in [5.74, 6) is 0.332. The van der Waals surface area contributed by atoms with Crippen LogP contribution in [0.5, 0.6) is 0 Å². The van der Waals surface area contributed by atoms with E-state index in [0.717, 1.165) is 23.4 Å². The monoisotopic (exact) mass is 401 g/mol.